The highest BCUT2D eigenvalue weighted by atomic mass is 32.1. The summed E-state index contributed by atoms with van der Waals surface area (Å²) in [5.41, 5.74) is 3.21. The Morgan fingerprint density at radius 2 is 2.24 bits per heavy atom. The smallest absolute Gasteiger partial charge is 0.333 e. The van der Waals surface area contributed by atoms with Gasteiger partial charge in [0.2, 0.25) is 5.91 Å². The summed E-state index contributed by atoms with van der Waals surface area (Å²) in [5.74, 6) is -0.730. The molecule has 112 valence electrons. The second-order valence-corrected chi connectivity index (χ2v) is 5.45. The molecule has 1 atom stereocenters. The second-order valence-electron chi connectivity index (χ2n) is 4.67. The van der Waals surface area contributed by atoms with Gasteiger partial charge in [0.1, 0.15) is 0 Å². The zero-order valence-electron chi connectivity index (χ0n) is 12.1. The lowest BCUT2D eigenvalue weighted by molar-refractivity contribution is -0.145. The lowest BCUT2D eigenvalue weighted by atomic mass is 10.1. The zero-order chi connectivity index (χ0) is 15.4. The van der Waals surface area contributed by atoms with Crippen LogP contribution in [0.25, 0.3) is 0 Å². The van der Waals surface area contributed by atoms with E-state index < -0.39 is 12.0 Å². The van der Waals surface area contributed by atoms with Crippen molar-refractivity contribution < 1.29 is 14.3 Å². The van der Waals surface area contributed by atoms with Gasteiger partial charge in [-0.15, -0.1) is 0 Å². The van der Waals surface area contributed by atoms with Crippen molar-refractivity contribution in [1.29, 1.82) is 0 Å². The zero-order valence-corrected chi connectivity index (χ0v) is 12.9. The van der Waals surface area contributed by atoms with Gasteiger partial charge in [-0.1, -0.05) is 0 Å². The van der Waals surface area contributed by atoms with Gasteiger partial charge in [-0.05, 0) is 36.2 Å². The fourth-order valence-corrected chi connectivity index (χ4v) is 2.73. The van der Waals surface area contributed by atoms with Crippen LogP contribution in [0, 0.1) is 13.8 Å². The van der Waals surface area contributed by atoms with E-state index in [0.29, 0.717) is 0 Å². The molecular formula is C14H17N3O3S. The summed E-state index contributed by atoms with van der Waals surface area (Å²) in [5, 5.41) is 13.3. The maximum absolute atomic E-state index is 12.2. The predicted molar refractivity (Wildman–Crippen MR) is 79.0 cm³/mol. The minimum atomic E-state index is -0.777. The summed E-state index contributed by atoms with van der Waals surface area (Å²) in [6, 6.07) is 1.02. The number of thiophene rings is 1. The third-order valence-electron chi connectivity index (χ3n) is 3.24. The van der Waals surface area contributed by atoms with Crippen molar-refractivity contribution >= 4 is 23.2 Å². The number of carbonyl (C=O) groups excluding carboxylic acids is 2. The van der Waals surface area contributed by atoms with Crippen molar-refractivity contribution in [2.45, 2.75) is 26.3 Å². The van der Waals surface area contributed by atoms with E-state index in [1.807, 2.05) is 24.6 Å². The topological polar surface area (TPSA) is 84.1 Å². The van der Waals surface area contributed by atoms with Crippen molar-refractivity contribution in [2.75, 3.05) is 7.11 Å². The Morgan fingerprint density at radius 3 is 2.76 bits per heavy atom. The molecule has 2 aromatic heterocycles. The van der Waals surface area contributed by atoms with Crippen LogP contribution in [0.5, 0.6) is 0 Å². The van der Waals surface area contributed by atoms with Crippen molar-refractivity contribution in [3.05, 3.63) is 39.3 Å². The molecule has 21 heavy (non-hydrogen) atoms. The molecule has 0 bridgehead atoms. The SMILES string of the molecule is COC(=O)[C@@H](NC(=O)Cc1c(C)n[nH]c1C)c1ccsc1. The molecule has 0 spiro atoms. The maximum Gasteiger partial charge on any atom is 0.333 e. The molecule has 0 saturated heterocycles. The Morgan fingerprint density at radius 1 is 1.48 bits per heavy atom. The van der Waals surface area contributed by atoms with E-state index in [4.69, 9.17) is 4.74 Å². The number of aromatic amines is 1. The molecule has 2 rings (SSSR count). The van der Waals surface area contributed by atoms with E-state index in [1.54, 1.807) is 6.07 Å². The number of nitrogens with zero attached hydrogens (tertiary/aromatic N) is 1. The van der Waals surface area contributed by atoms with E-state index in [0.717, 1.165) is 22.5 Å². The Labute approximate surface area is 126 Å². The number of carbonyl (C=O) groups is 2. The van der Waals surface area contributed by atoms with Gasteiger partial charge in [0, 0.05) is 11.3 Å². The van der Waals surface area contributed by atoms with Crippen LogP contribution in [0.1, 0.15) is 28.6 Å². The summed E-state index contributed by atoms with van der Waals surface area (Å²) in [7, 11) is 1.30. The third kappa shape index (κ3) is 3.49. The van der Waals surface area contributed by atoms with Gasteiger partial charge in [-0.2, -0.15) is 16.4 Å². The van der Waals surface area contributed by atoms with Crippen LogP contribution in [-0.2, 0) is 20.7 Å². The standard InChI is InChI=1S/C14H17N3O3S/c1-8-11(9(2)17-16-8)6-12(18)15-13(14(19)20-3)10-4-5-21-7-10/h4-5,7,13H,6H2,1-3H3,(H,15,18)(H,16,17)/t13-/m0/s1. The van der Waals surface area contributed by atoms with Gasteiger partial charge in [-0.3, -0.25) is 9.89 Å². The van der Waals surface area contributed by atoms with E-state index in [1.165, 1.54) is 18.4 Å². The number of aromatic nitrogens is 2. The van der Waals surface area contributed by atoms with E-state index >= 15 is 0 Å². The van der Waals surface area contributed by atoms with Crippen LogP contribution in [0.3, 0.4) is 0 Å². The van der Waals surface area contributed by atoms with E-state index in [9.17, 15) is 9.59 Å². The summed E-state index contributed by atoms with van der Waals surface area (Å²) in [6.45, 7) is 3.70. The number of hydrogen-bond acceptors (Lipinski definition) is 5. The Bertz CT molecular complexity index is 614. The molecule has 0 fully saturated rings. The summed E-state index contributed by atoms with van der Waals surface area (Å²) < 4.78 is 4.75. The van der Waals surface area contributed by atoms with Crippen LogP contribution in [0.2, 0.25) is 0 Å². The molecule has 2 heterocycles. The summed E-state index contributed by atoms with van der Waals surface area (Å²) in [4.78, 5) is 24.0. The van der Waals surface area contributed by atoms with Crippen molar-refractivity contribution in [3.8, 4) is 0 Å². The van der Waals surface area contributed by atoms with Crippen molar-refractivity contribution in [2.24, 2.45) is 0 Å². The van der Waals surface area contributed by atoms with Crippen LogP contribution in [0.4, 0.5) is 0 Å². The van der Waals surface area contributed by atoms with Gasteiger partial charge in [0.05, 0.1) is 19.2 Å². The number of hydrogen-bond donors (Lipinski definition) is 2. The average Bonchev–Trinajstić information content (AvgIpc) is 3.09. The molecule has 7 heteroatoms. The number of ether oxygens (including phenoxy) is 1. The number of esters is 1. The highest BCUT2D eigenvalue weighted by molar-refractivity contribution is 7.08. The van der Waals surface area contributed by atoms with Gasteiger partial charge >= 0.3 is 5.97 Å². The minimum Gasteiger partial charge on any atom is -0.467 e. The summed E-state index contributed by atoms with van der Waals surface area (Å²) >= 11 is 1.46. The first-order chi connectivity index (χ1) is 10.0. The van der Waals surface area contributed by atoms with Gasteiger partial charge in [-0.25, -0.2) is 4.79 Å². The molecule has 2 N–H and O–H groups in total. The predicted octanol–water partition coefficient (Wildman–Crippen LogP) is 1.66. The Hall–Kier alpha value is -2.15. The molecule has 0 aliphatic rings. The maximum atomic E-state index is 12.2. The van der Waals surface area contributed by atoms with Crippen LogP contribution in [0.15, 0.2) is 16.8 Å². The van der Waals surface area contributed by atoms with Crippen molar-refractivity contribution in [1.82, 2.24) is 15.5 Å². The largest absolute Gasteiger partial charge is 0.467 e. The van der Waals surface area contributed by atoms with E-state index in [-0.39, 0.29) is 12.3 Å². The molecule has 0 aliphatic carbocycles. The molecule has 6 nitrogen and oxygen atoms in total. The summed E-state index contributed by atoms with van der Waals surface area (Å²) in [6.07, 6.45) is 0.172. The van der Waals surface area contributed by atoms with Crippen LogP contribution < -0.4 is 5.32 Å². The minimum absolute atomic E-state index is 0.172. The molecule has 0 radical (unpaired) electrons. The first-order valence-corrected chi connectivity index (χ1v) is 7.37. The number of methoxy groups -OCH3 is 1. The molecule has 0 saturated carbocycles. The average molecular weight is 307 g/mol. The highest BCUT2D eigenvalue weighted by Crippen LogP contribution is 2.18. The van der Waals surface area contributed by atoms with Crippen LogP contribution >= 0.6 is 11.3 Å². The lowest BCUT2D eigenvalue weighted by Gasteiger charge is -2.15. The Balaban J connectivity index is 2.10. The van der Waals surface area contributed by atoms with Gasteiger partial charge < -0.3 is 10.1 Å². The highest BCUT2D eigenvalue weighted by Gasteiger charge is 2.24. The molecule has 2 aromatic rings. The second kappa shape index (κ2) is 6.53. The number of H-pyrrole nitrogens is 1. The van der Waals surface area contributed by atoms with Crippen molar-refractivity contribution in [3.63, 3.8) is 0 Å². The Kier molecular flexibility index (Phi) is 4.74. The lowest BCUT2D eigenvalue weighted by Crippen LogP contribution is -2.35. The first-order valence-electron chi connectivity index (χ1n) is 6.42. The number of rotatable bonds is 5. The van der Waals surface area contributed by atoms with E-state index in [2.05, 4.69) is 15.5 Å². The quantitative estimate of drug-likeness (QED) is 0.823. The fourth-order valence-electron chi connectivity index (χ4n) is 2.04. The third-order valence-corrected chi connectivity index (χ3v) is 3.94. The van der Waals surface area contributed by atoms with Gasteiger partial charge in [0.25, 0.3) is 0 Å². The molecule has 1 amide bonds. The first kappa shape index (κ1) is 15.2. The number of amides is 1. The normalized spacial score (nSPS) is 12.0. The molecule has 0 unspecified atom stereocenters. The fraction of sp³-hybridized carbons (Fsp3) is 0.357. The number of aryl methyl sites for hydroxylation is 2. The molecule has 0 aromatic carbocycles. The molecule has 0 aliphatic heterocycles. The monoisotopic (exact) mass is 307 g/mol. The molecular weight excluding hydrogens is 290 g/mol. The van der Waals surface area contributed by atoms with Crippen LogP contribution in [-0.4, -0.2) is 29.2 Å². The number of nitrogens with one attached hydrogen (secondary N) is 2. The van der Waals surface area contributed by atoms with Gasteiger partial charge in [0.15, 0.2) is 6.04 Å².